The van der Waals surface area contributed by atoms with Crippen molar-refractivity contribution in [1.29, 1.82) is 0 Å². The number of non-ortho nitro benzene ring substituents is 1. The van der Waals surface area contributed by atoms with Crippen LogP contribution in [0.5, 0.6) is 5.75 Å². The number of rotatable bonds is 8. The highest BCUT2D eigenvalue weighted by molar-refractivity contribution is 6.03. The van der Waals surface area contributed by atoms with Crippen LogP contribution in [0, 0.1) is 17.0 Å². The van der Waals surface area contributed by atoms with Gasteiger partial charge in [0.2, 0.25) is 0 Å². The number of nitrogens with one attached hydrogen (secondary N) is 1. The molecule has 8 heteroatoms. The Balaban J connectivity index is 1.35. The molecule has 1 amide bonds. The zero-order valence-electron chi connectivity index (χ0n) is 18.0. The molecular formula is C25H22N4O4. The molecule has 166 valence electrons. The molecule has 0 saturated carbocycles. The number of ether oxygens (including phenoxy) is 1. The van der Waals surface area contributed by atoms with E-state index in [1.54, 1.807) is 41.1 Å². The van der Waals surface area contributed by atoms with Crippen molar-refractivity contribution in [2.75, 3.05) is 5.32 Å². The van der Waals surface area contributed by atoms with Crippen molar-refractivity contribution >= 4 is 17.4 Å². The lowest BCUT2D eigenvalue weighted by atomic mass is 10.1. The third-order valence-corrected chi connectivity index (χ3v) is 4.99. The van der Waals surface area contributed by atoms with Gasteiger partial charge in [0.05, 0.1) is 11.5 Å². The van der Waals surface area contributed by atoms with Crippen molar-refractivity contribution < 1.29 is 14.5 Å². The summed E-state index contributed by atoms with van der Waals surface area (Å²) < 4.78 is 7.45. The number of carbonyl (C=O) groups excluding carboxylic acids is 1. The van der Waals surface area contributed by atoms with E-state index in [1.165, 1.54) is 17.7 Å². The molecule has 0 fully saturated rings. The van der Waals surface area contributed by atoms with Gasteiger partial charge >= 0.3 is 0 Å². The lowest BCUT2D eigenvalue weighted by Gasteiger charge is -2.08. The van der Waals surface area contributed by atoms with Gasteiger partial charge < -0.3 is 10.1 Å². The summed E-state index contributed by atoms with van der Waals surface area (Å²) >= 11 is 0. The number of aryl methyl sites for hydroxylation is 1. The summed E-state index contributed by atoms with van der Waals surface area (Å²) in [5, 5.41) is 18.0. The number of benzene rings is 3. The van der Waals surface area contributed by atoms with E-state index >= 15 is 0 Å². The number of carbonyl (C=O) groups is 1. The van der Waals surface area contributed by atoms with Crippen molar-refractivity contribution in [2.24, 2.45) is 0 Å². The predicted molar refractivity (Wildman–Crippen MR) is 124 cm³/mol. The van der Waals surface area contributed by atoms with Crippen LogP contribution in [-0.4, -0.2) is 20.6 Å². The highest BCUT2D eigenvalue weighted by Crippen LogP contribution is 2.19. The van der Waals surface area contributed by atoms with E-state index in [0.29, 0.717) is 23.7 Å². The Kier molecular flexibility index (Phi) is 6.45. The van der Waals surface area contributed by atoms with Gasteiger partial charge in [0.15, 0.2) is 5.82 Å². The molecule has 0 saturated heterocycles. The summed E-state index contributed by atoms with van der Waals surface area (Å²) in [6, 6.07) is 22.9. The van der Waals surface area contributed by atoms with E-state index in [9.17, 15) is 14.9 Å². The molecule has 0 atom stereocenters. The molecule has 0 aliphatic heterocycles. The fourth-order valence-electron chi connectivity index (χ4n) is 3.22. The van der Waals surface area contributed by atoms with Crippen molar-refractivity contribution in [1.82, 2.24) is 9.78 Å². The van der Waals surface area contributed by atoms with E-state index in [-0.39, 0.29) is 18.2 Å². The largest absolute Gasteiger partial charge is 0.489 e. The minimum atomic E-state index is -0.461. The van der Waals surface area contributed by atoms with Gasteiger partial charge in [-0.3, -0.25) is 19.6 Å². The summed E-state index contributed by atoms with van der Waals surface area (Å²) in [6.07, 6.45) is 1.82. The molecule has 33 heavy (non-hydrogen) atoms. The van der Waals surface area contributed by atoms with Crippen LogP contribution < -0.4 is 10.1 Å². The zero-order valence-corrected chi connectivity index (χ0v) is 18.0. The molecule has 4 rings (SSSR count). The number of nitro benzene ring substituents is 1. The second-order valence-electron chi connectivity index (χ2n) is 7.58. The molecule has 1 aromatic heterocycles. The van der Waals surface area contributed by atoms with Gasteiger partial charge in [-0.1, -0.05) is 42.0 Å². The molecule has 0 aliphatic rings. The number of aromatic nitrogens is 2. The number of anilines is 1. The summed E-state index contributed by atoms with van der Waals surface area (Å²) in [4.78, 5) is 23.0. The maximum atomic E-state index is 12.7. The average molecular weight is 442 g/mol. The quantitative estimate of drug-likeness (QED) is 0.306. The fourth-order valence-corrected chi connectivity index (χ4v) is 3.22. The van der Waals surface area contributed by atoms with Gasteiger partial charge in [-0.2, -0.15) is 5.10 Å². The van der Waals surface area contributed by atoms with Crippen LogP contribution in [-0.2, 0) is 13.2 Å². The minimum Gasteiger partial charge on any atom is -0.489 e. The molecular weight excluding hydrogens is 420 g/mol. The van der Waals surface area contributed by atoms with Gasteiger partial charge in [-0.15, -0.1) is 0 Å². The smallest absolute Gasteiger partial charge is 0.269 e. The molecule has 0 unspecified atom stereocenters. The molecule has 1 heterocycles. The molecule has 1 N–H and O–H groups in total. The Hall–Kier alpha value is -4.46. The van der Waals surface area contributed by atoms with Crippen LogP contribution in [0.2, 0.25) is 0 Å². The summed E-state index contributed by atoms with van der Waals surface area (Å²) in [7, 11) is 0. The highest BCUT2D eigenvalue weighted by atomic mass is 16.6. The van der Waals surface area contributed by atoms with Gasteiger partial charge in [0.1, 0.15) is 12.4 Å². The van der Waals surface area contributed by atoms with E-state index < -0.39 is 4.92 Å². The van der Waals surface area contributed by atoms with Crippen molar-refractivity contribution in [3.63, 3.8) is 0 Å². The standard InChI is InChI=1S/C25H22N4O4/c1-18-5-7-19(8-6-18)16-28-14-13-24(27-28)26-25(30)21-4-2-3-20(15-21)17-33-23-11-9-22(10-12-23)29(31)32/h2-15H,16-17H2,1H3,(H,26,27,30). The van der Waals surface area contributed by atoms with Crippen LogP contribution >= 0.6 is 0 Å². The highest BCUT2D eigenvalue weighted by Gasteiger charge is 2.10. The number of nitro groups is 1. The second kappa shape index (κ2) is 9.78. The Morgan fingerprint density at radius 2 is 1.79 bits per heavy atom. The van der Waals surface area contributed by atoms with Crippen LogP contribution in [0.25, 0.3) is 0 Å². The van der Waals surface area contributed by atoms with Gasteiger partial charge in [-0.05, 0) is 42.3 Å². The monoisotopic (exact) mass is 442 g/mol. The zero-order chi connectivity index (χ0) is 23.2. The van der Waals surface area contributed by atoms with Crippen molar-refractivity contribution in [3.05, 3.63) is 117 Å². The lowest BCUT2D eigenvalue weighted by Crippen LogP contribution is -2.13. The normalized spacial score (nSPS) is 10.6. The molecule has 0 bridgehead atoms. The third kappa shape index (κ3) is 5.82. The third-order valence-electron chi connectivity index (χ3n) is 4.99. The molecule has 0 aliphatic carbocycles. The van der Waals surface area contributed by atoms with Crippen molar-refractivity contribution in [3.8, 4) is 5.75 Å². The Morgan fingerprint density at radius 3 is 2.52 bits per heavy atom. The first-order valence-corrected chi connectivity index (χ1v) is 10.3. The molecule has 0 radical (unpaired) electrons. The average Bonchev–Trinajstić information content (AvgIpc) is 3.26. The van der Waals surface area contributed by atoms with Crippen LogP contribution in [0.15, 0.2) is 85.1 Å². The number of hydrogen-bond acceptors (Lipinski definition) is 5. The Labute approximate surface area is 190 Å². The first-order valence-electron chi connectivity index (χ1n) is 10.3. The molecule has 3 aromatic carbocycles. The van der Waals surface area contributed by atoms with E-state index in [2.05, 4.69) is 34.7 Å². The van der Waals surface area contributed by atoms with Crippen LogP contribution in [0.1, 0.15) is 27.0 Å². The van der Waals surface area contributed by atoms with Gasteiger partial charge in [0, 0.05) is 30.0 Å². The first kappa shape index (κ1) is 21.8. The van der Waals surface area contributed by atoms with Gasteiger partial charge in [0.25, 0.3) is 11.6 Å². The SMILES string of the molecule is Cc1ccc(Cn2ccc(NC(=O)c3cccc(COc4ccc([N+](=O)[O-])cc4)c3)n2)cc1. The van der Waals surface area contributed by atoms with E-state index in [0.717, 1.165) is 11.1 Å². The van der Waals surface area contributed by atoms with Crippen LogP contribution in [0.3, 0.4) is 0 Å². The summed E-state index contributed by atoms with van der Waals surface area (Å²) in [5.41, 5.74) is 3.61. The topological polar surface area (TPSA) is 99.3 Å². The van der Waals surface area contributed by atoms with E-state index in [1.807, 2.05) is 19.2 Å². The molecule has 8 nitrogen and oxygen atoms in total. The van der Waals surface area contributed by atoms with Crippen molar-refractivity contribution in [2.45, 2.75) is 20.1 Å². The first-order chi connectivity index (χ1) is 16.0. The summed E-state index contributed by atoms with van der Waals surface area (Å²) in [5.74, 6) is 0.710. The Morgan fingerprint density at radius 1 is 1.03 bits per heavy atom. The summed E-state index contributed by atoms with van der Waals surface area (Å²) in [6.45, 7) is 2.89. The second-order valence-corrected chi connectivity index (χ2v) is 7.58. The number of hydrogen-bond donors (Lipinski definition) is 1. The maximum absolute atomic E-state index is 12.7. The molecule has 4 aromatic rings. The van der Waals surface area contributed by atoms with E-state index in [4.69, 9.17) is 4.74 Å². The van der Waals surface area contributed by atoms with Gasteiger partial charge in [-0.25, -0.2) is 0 Å². The number of nitrogens with zero attached hydrogens (tertiary/aromatic N) is 3. The fraction of sp³-hybridized carbons (Fsp3) is 0.120. The van der Waals surface area contributed by atoms with Crippen LogP contribution in [0.4, 0.5) is 11.5 Å². The Bertz CT molecular complexity index is 1260. The number of amides is 1. The maximum Gasteiger partial charge on any atom is 0.269 e. The predicted octanol–water partition coefficient (Wildman–Crippen LogP) is 4.98. The molecule has 0 spiro atoms. The lowest BCUT2D eigenvalue weighted by molar-refractivity contribution is -0.384. The minimum absolute atomic E-state index is 0.00215.